The molecule has 0 aromatic carbocycles. The highest BCUT2D eigenvalue weighted by atomic mass is 16.6. The second kappa shape index (κ2) is 8.88. The Balaban J connectivity index is 1.60. The van der Waals surface area contributed by atoms with Crippen molar-refractivity contribution < 1.29 is 25.2 Å². The molecule has 1 aliphatic heterocycles. The van der Waals surface area contributed by atoms with E-state index in [-0.39, 0.29) is 12.6 Å². The first-order chi connectivity index (χ1) is 14.1. The van der Waals surface area contributed by atoms with Crippen LogP contribution in [0.5, 0.6) is 0 Å². The van der Waals surface area contributed by atoms with Crippen molar-refractivity contribution in [3.05, 3.63) is 12.7 Å². The zero-order valence-electron chi connectivity index (χ0n) is 16.3. The van der Waals surface area contributed by atoms with Crippen molar-refractivity contribution in [2.45, 2.75) is 69.1 Å². The first kappa shape index (κ1) is 20.4. The molecule has 10 nitrogen and oxygen atoms in total. The molecule has 2 fully saturated rings. The summed E-state index contributed by atoms with van der Waals surface area (Å²) >= 11 is 0. The summed E-state index contributed by atoms with van der Waals surface area (Å²) in [4.78, 5) is 13.1. The van der Waals surface area contributed by atoms with Crippen molar-refractivity contribution in [2.24, 2.45) is 5.92 Å². The topological polar surface area (TPSA) is 146 Å². The molecule has 2 aliphatic rings. The Morgan fingerprint density at radius 2 is 1.90 bits per heavy atom. The molecule has 2 aromatic rings. The van der Waals surface area contributed by atoms with E-state index in [2.05, 4.69) is 20.3 Å². The third-order valence-corrected chi connectivity index (χ3v) is 6.13. The van der Waals surface area contributed by atoms with Gasteiger partial charge in [0.05, 0.1) is 12.9 Å². The molecule has 1 saturated carbocycles. The molecular formula is C19H29N5O5. The van der Waals surface area contributed by atoms with E-state index >= 15 is 0 Å². The predicted molar refractivity (Wildman–Crippen MR) is 104 cm³/mol. The lowest BCUT2D eigenvalue weighted by atomic mass is 9.83. The third kappa shape index (κ3) is 3.95. The number of ether oxygens (including phenoxy) is 1. The second-order valence-electron chi connectivity index (χ2n) is 7.94. The smallest absolute Gasteiger partial charge is 0.167 e. The van der Waals surface area contributed by atoms with Gasteiger partial charge in [-0.2, -0.15) is 0 Å². The highest BCUT2D eigenvalue weighted by molar-refractivity contribution is 5.82. The fourth-order valence-electron chi connectivity index (χ4n) is 4.53. The zero-order chi connectivity index (χ0) is 20.4. The molecule has 0 unspecified atom stereocenters. The van der Waals surface area contributed by atoms with E-state index in [0.717, 1.165) is 12.8 Å². The molecule has 1 aliphatic carbocycles. The Labute approximate surface area is 168 Å². The van der Waals surface area contributed by atoms with Crippen LogP contribution in [0.4, 0.5) is 5.82 Å². The Morgan fingerprint density at radius 1 is 1.10 bits per heavy atom. The number of rotatable bonds is 7. The number of anilines is 1. The van der Waals surface area contributed by atoms with Crippen molar-refractivity contribution in [3.8, 4) is 0 Å². The number of aliphatic hydroxyl groups is 4. The number of aromatic nitrogens is 4. The van der Waals surface area contributed by atoms with E-state index in [1.165, 1.54) is 31.9 Å². The van der Waals surface area contributed by atoms with E-state index in [1.807, 2.05) is 0 Å². The van der Waals surface area contributed by atoms with Crippen molar-refractivity contribution in [1.29, 1.82) is 0 Å². The summed E-state index contributed by atoms with van der Waals surface area (Å²) in [5.74, 6) is 1.05. The normalized spacial score (nSPS) is 29.4. The lowest BCUT2D eigenvalue weighted by Gasteiger charge is -2.31. The number of nitrogens with zero attached hydrogens (tertiary/aromatic N) is 4. The maximum absolute atomic E-state index is 10.3. The SMILES string of the molecule is OCC[C@@H](Nc1ncnc2c1ncn2[C@@H]1O[C@H](CO)[C@@H](O)[C@H]1O)C1CCCCC1. The molecular weight excluding hydrogens is 378 g/mol. The minimum atomic E-state index is -1.21. The summed E-state index contributed by atoms with van der Waals surface area (Å²) in [6.45, 7) is -0.299. The number of hydrogen-bond acceptors (Lipinski definition) is 9. The van der Waals surface area contributed by atoms with Gasteiger partial charge in [0.1, 0.15) is 24.6 Å². The van der Waals surface area contributed by atoms with E-state index in [1.54, 1.807) is 4.57 Å². The molecule has 2 aromatic heterocycles. The van der Waals surface area contributed by atoms with Crippen LogP contribution in [0.25, 0.3) is 11.2 Å². The first-order valence-corrected chi connectivity index (χ1v) is 10.3. The number of fused-ring (bicyclic) bond motifs is 1. The molecule has 0 spiro atoms. The van der Waals surface area contributed by atoms with Crippen molar-refractivity contribution in [2.75, 3.05) is 18.5 Å². The van der Waals surface area contributed by atoms with E-state index in [4.69, 9.17) is 4.74 Å². The van der Waals surface area contributed by atoms with Gasteiger partial charge in [-0.05, 0) is 25.2 Å². The third-order valence-electron chi connectivity index (χ3n) is 6.13. The molecule has 3 heterocycles. The Kier molecular flexibility index (Phi) is 6.26. The summed E-state index contributed by atoms with van der Waals surface area (Å²) in [5.41, 5.74) is 0.993. The summed E-state index contributed by atoms with van der Waals surface area (Å²) in [6, 6.07) is 0.0949. The lowest BCUT2D eigenvalue weighted by Crippen LogP contribution is -2.33. The Hall–Kier alpha value is -1.85. The maximum Gasteiger partial charge on any atom is 0.167 e. The van der Waals surface area contributed by atoms with Crippen molar-refractivity contribution in [3.63, 3.8) is 0 Å². The fourth-order valence-corrected chi connectivity index (χ4v) is 4.53. The summed E-state index contributed by atoms with van der Waals surface area (Å²) < 4.78 is 7.15. The van der Waals surface area contributed by atoms with Gasteiger partial charge >= 0.3 is 0 Å². The van der Waals surface area contributed by atoms with Crippen LogP contribution in [-0.4, -0.2) is 77.5 Å². The molecule has 0 radical (unpaired) electrons. The quantitative estimate of drug-likeness (QED) is 0.434. The number of nitrogens with one attached hydrogen (secondary N) is 1. The molecule has 29 heavy (non-hydrogen) atoms. The van der Waals surface area contributed by atoms with Gasteiger partial charge in [0, 0.05) is 12.6 Å². The molecule has 0 bridgehead atoms. The number of aliphatic hydroxyl groups excluding tert-OH is 4. The van der Waals surface area contributed by atoms with Crippen molar-refractivity contribution >= 4 is 17.0 Å². The largest absolute Gasteiger partial charge is 0.396 e. The van der Waals surface area contributed by atoms with Crippen LogP contribution >= 0.6 is 0 Å². The minimum Gasteiger partial charge on any atom is -0.396 e. The highest BCUT2D eigenvalue weighted by Crippen LogP contribution is 2.33. The van der Waals surface area contributed by atoms with Gasteiger partial charge in [-0.25, -0.2) is 15.0 Å². The van der Waals surface area contributed by atoms with Crippen LogP contribution in [0.3, 0.4) is 0 Å². The molecule has 4 rings (SSSR count). The molecule has 160 valence electrons. The summed E-state index contributed by atoms with van der Waals surface area (Å²) in [5, 5.41) is 42.7. The molecule has 0 amide bonds. The fraction of sp³-hybridized carbons (Fsp3) is 0.737. The second-order valence-corrected chi connectivity index (χ2v) is 7.94. The highest BCUT2D eigenvalue weighted by Gasteiger charge is 2.44. The average Bonchev–Trinajstić information content (AvgIpc) is 3.30. The van der Waals surface area contributed by atoms with E-state index in [9.17, 15) is 20.4 Å². The first-order valence-electron chi connectivity index (χ1n) is 10.3. The number of hydrogen-bond donors (Lipinski definition) is 5. The molecule has 1 saturated heterocycles. The van der Waals surface area contributed by atoms with Gasteiger partial charge in [0.25, 0.3) is 0 Å². The Morgan fingerprint density at radius 3 is 2.59 bits per heavy atom. The molecule has 10 heteroatoms. The molecule has 5 N–H and O–H groups in total. The molecule has 5 atom stereocenters. The van der Waals surface area contributed by atoms with Crippen LogP contribution in [0.15, 0.2) is 12.7 Å². The van der Waals surface area contributed by atoms with E-state index < -0.39 is 31.1 Å². The number of imidazole rings is 1. The predicted octanol–water partition coefficient (Wildman–Crippen LogP) is 0.181. The standard InChI is InChI=1S/C19H29N5O5/c25-7-6-12(11-4-2-1-3-5-11)23-17-14-18(21-9-20-17)24(10-22-14)19-16(28)15(27)13(8-26)29-19/h9-13,15-16,19,25-28H,1-8H2,(H,20,21,23)/t12-,13-,15-,16-,19-/m1/s1. The monoisotopic (exact) mass is 407 g/mol. The van der Waals surface area contributed by atoms with Crippen LogP contribution in [0.2, 0.25) is 0 Å². The van der Waals surface area contributed by atoms with Gasteiger partial charge < -0.3 is 30.5 Å². The lowest BCUT2D eigenvalue weighted by molar-refractivity contribution is -0.0511. The van der Waals surface area contributed by atoms with Gasteiger partial charge in [-0.15, -0.1) is 0 Å². The van der Waals surface area contributed by atoms with Gasteiger partial charge in [0.2, 0.25) is 0 Å². The summed E-state index contributed by atoms with van der Waals surface area (Å²) in [7, 11) is 0. The van der Waals surface area contributed by atoms with Crippen LogP contribution < -0.4 is 5.32 Å². The van der Waals surface area contributed by atoms with E-state index in [0.29, 0.717) is 29.3 Å². The van der Waals surface area contributed by atoms with Crippen molar-refractivity contribution in [1.82, 2.24) is 19.5 Å². The Bertz CT molecular complexity index is 811. The van der Waals surface area contributed by atoms with Crippen LogP contribution in [0, 0.1) is 5.92 Å². The van der Waals surface area contributed by atoms with Gasteiger partial charge in [-0.1, -0.05) is 19.3 Å². The van der Waals surface area contributed by atoms with Gasteiger partial charge in [-0.3, -0.25) is 4.57 Å². The average molecular weight is 407 g/mol. The van der Waals surface area contributed by atoms with Gasteiger partial charge in [0.15, 0.2) is 23.2 Å². The summed E-state index contributed by atoms with van der Waals surface area (Å²) in [6.07, 6.45) is 5.29. The van der Waals surface area contributed by atoms with Crippen LogP contribution in [0.1, 0.15) is 44.8 Å². The van der Waals surface area contributed by atoms with Crippen LogP contribution in [-0.2, 0) is 4.74 Å². The maximum atomic E-state index is 10.3. The zero-order valence-corrected chi connectivity index (χ0v) is 16.3. The minimum absolute atomic E-state index is 0.0949.